The van der Waals surface area contributed by atoms with Gasteiger partial charge in [-0.05, 0) is 48.0 Å². The molecule has 0 spiro atoms. The van der Waals surface area contributed by atoms with E-state index in [0.29, 0.717) is 0 Å². The third-order valence-corrected chi connectivity index (χ3v) is 5.46. The number of rotatable bonds is 4. The normalized spacial score (nSPS) is 11.5. The van der Waals surface area contributed by atoms with Crippen LogP contribution in [0.15, 0.2) is 26.2 Å². The molecule has 2 aromatic heterocycles. The lowest BCUT2D eigenvalue weighted by atomic mass is 10.4. The number of hydrazine groups is 1. The molecule has 2 rings (SSSR count). The minimum atomic E-state index is -3.62. The summed E-state index contributed by atoms with van der Waals surface area (Å²) in [6.45, 7) is 3.62. The van der Waals surface area contributed by atoms with Crippen molar-refractivity contribution in [3.8, 4) is 0 Å². The molecule has 0 aliphatic carbocycles. The van der Waals surface area contributed by atoms with Crippen LogP contribution in [-0.4, -0.2) is 18.4 Å². The molecule has 9 heteroatoms. The van der Waals surface area contributed by atoms with Gasteiger partial charge in [0.15, 0.2) is 0 Å². The third-order valence-electron chi connectivity index (χ3n) is 2.09. The lowest BCUT2D eigenvalue weighted by Crippen LogP contribution is -2.30. The molecule has 0 bridgehead atoms. The highest BCUT2D eigenvalue weighted by molar-refractivity contribution is 9.11. The maximum absolute atomic E-state index is 11.9. The van der Waals surface area contributed by atoms with Gasteiger partial charge in [-0.25, -0.2) is 18.4 Å². The Labute approximate surface area is 123 Å². The molecule has 0 aliphatic heterocycles. The molecular weight excluding hydrogens is 352 g/mol. The molecule has 0 aromatic carbocycles. The lowest BCUT2D eigenvalue weighted by molar-refractivity contribution is 0.589. The van der Waals surface area contributed by atoms with Crippen molar-refractivity contribution in [1.29, 1.82) is 0 Å². The van der Waals surface area contributed by atoms with Crippen LogP contribution in [0.2, 0.25) is 0 Å². The highest BCUT2D eigenvalue weighted by Crippen LogP contribution is 2.25. The van der Waals surface area contributed by atoms with Gasteiger partial charge in [0.05, 0.1) is 3.79 Å². The molecule has 0 saturated heterocycles. The Balaban J connectivity index is 2.14. The fourth-order valence-electron chi connectivity index (χ4n) is 1.39. The Morgan fingerprint density at radius 2 is 1.84 bits per heavy atom. The van der Waals surface area contributed by atoms with E-state index >= 15 is 0 Å². The SMILES string of the molecule is Cc1cc(C)nc(NNS(=O)(=O)c2ccc(Br)s2)n1. The van der Waals surface area contributed by atoms with Crippen LogP contribution in [0.25, 0.3) is 0 Å². The minimum absolute atomic E-state index is 0.205. The van der Waals surface area contributed by atoms with Gasteiger partial charge < -0.3 is 0 Å². The molecule has 0 fully saturated rings. The predicted octanol–water partition coefficient (Wildman–Crippen LogP) is 2.22. The highest BCUT2D eigenvalue weighted by atomic mass is 79.9. The van der Waals surface area contributed by atoms with Gasteiger partial charge in [0.2, 0.25) is 5.95 Å². The number of aryl methyl sites for hydroxylation is 2. The van der Waals surface area contributed by atoms with Crippen molar-refractivity contribution < 1.29 is 8.42 Å². The summed E-state index contributed by atoms with van der Waals surface area (Å²) in [5, 5.41) is 0. The smallest absolute Gasteiger partial charge is 0.266 e. The van der Waals surface area contributed by atoms with Crippen molar-refractivity contribution in [2.24, 2.45) is 0 Å². The molecule has 6 nitrogen and oxygen atoms in total. The number of hydrogen-bond donors (Lipinski definition) is 2. The van der Waals surface area contributed by atoms with Gasteiger partial charge in [0, 0.05) is 11.4 Å². The van der Waals surface area contributed by atoms with Gasteiger partial charge in [-0.3, -0.25) is 5.43 Å². The van der Waals surface area contributed by atoms with Gasteiger partial charge in [0.1, 0.15) is 4.21 Å². The average Bonchev–Trinajstić information content (AvgIpc) is 2.73. The Kier molecular flexibility index (Phi) is 4.19. The zero-order chi connectivity index (χ0) is 14.0. The standard InChI is InChI=1S/C10H11BrN4O2S2/c1-6-5-7(2)13-10(12-6)14-15-19(16,17)9-4-3-8(11)18-9/h3-5,15H,1-2H3,(H,12,13,14). The fraction of sp³-hybridized carbons (Fsp3) is 0.200. The summed E-state index contributed by atoms with van der Waals surface area (Å²) in [7, 11) is -3.62. The second-order valence-electron chi connectivity index (χ2n) is 3.76. The Bertz CT molecular complexity index is 679. The fourth-order valence-corrected chi connectivity index (χ4v) is 4.23. The first-order valence-corrected chi connectivity index (χ1v) is 8.31. The first kappa shape index (κ1) is 14.4. The number of halogens is 1. The molecule has 2 heterocycles. The third kappa shape index (κ3) is 3.72. The van der Waals surface area contributed by atoms with E-state index in [1.165, 1.54) is 6.07 Å². The molecule has 0 saturated carbocycles. The summed E-state index contributed by atoms with van der Waals surface area (Å²) < 4.78 is 24.8. The maximum atomic E-state index is 11.9. The predicted molar refractivity (Wildman–Crippen MR) is 77.5 cm³/mol. The van der Waals surface area contributed by atoms with Gasteiger partial charge in [0.25, 0.3) is 10.0 Å². The van der Waals surface area contributed by atoms with E-state index in [-0.39, 0.29) is 10.2 Å². The van der Waals surface area contributed by atoms with E-state index in [4.69, 9.17) is 0 Å². The van der Waals surface area contributed by atoms with E-state index in [0.717, 1.165) is 26.5 Å². The van der Waals surface area contributed by atoms with Crippen molar-refractivity contribution in [2.45, 2.75) is 18.1 Å². The van der Waals surface area contributed by atoms with Crippen molar-refractivity contribution in [1.82, 2.24) is 14.8 Å². The topological polar surface area (TPSA) is 84.0 Å². The molecule has 2 N–H and O–H groups in total. The van der Waals surface area contributed by atoms with Crippen LogP contribution in [0.4, 0.5) is 5.95 Å². The van der Waals surface area contributed by atoms with Crippen molar-refractivity contribution in [3.05, 3.63) is 33.4 Å². The summed E-state index contributed by atoms with van der Waals surface area (Å²) in [5.74, 6) is 0.219. The molecule has 102 valence electrons. The van der Waals surface area contributed by atoms with Crippen LogP contribution >= 0.6 is 27.3 Å². The molecule has 0 atom stereocenters. The summed E-state index contributed by atoms with van der Waals surface area (Å²) in [4.78, 5) is 10.4. The summed E-state index contributed by atoms with van der Waals surface area (Å²) >= 11 is 4.34. The number of aromatic nitrogens is 2. The molecular formula is C10H11BrN4O2S2. The minimum Gasteiger partial charge on any atom is -0.276 e. The average molecular weight is 363 g/mol. The van der Waals surface area contributed by atoms with Gasteiger partial charge >= 0.3 is 0 Å². The monoisotopic (exact) mass is 362 g/mol. The Morgan fingerprint density at radius 1 is 1.21 bits per heavy atom. The van der Waals surface area contributed by atoms with Crippen LogP contribution in [0.3, 0.4) is 0 Å². The van der Waals surface area contributed by atoms with Gasteiger partial charge in [-0.15, -0.1) is 16.2 Å². The van der Waals surface area contributed by atoms with E-state index < -0.39 is 10.0 Å². The first-order valence-electron chi connectivity index (χ1n) is 5.22. The van der Waals surface area contributed by atoms with E-state index in [1.807, 2.05) is 13.8 Å². The molecule has 0 radical (unpaired) electrons. The second kappa shape index (κ2) is 5.53. The zero-order valence-corrected chi connectivity index (χ0v) is 13.4. The second-order valence-corrected chi connectivity index (χ2v) is 8.14. The van der Waals surface area contributed by atoms with Crippen molar-refractivity contribution in [2.75, 3.05) is 5.43 Å². The van der Waals surface area contributed by atoms with Gasteiger partial charge in [-0.1, -0.05) is 0 Å². The first-order chi connectivity index (χ1) is 8.87. The van der Waals surface area contributed by atoms with Gasteiger partial charge in [-0.2, -0.15) is 0 Å². The number of nitrogens with one attached hydrogen (secondary N) is 2. The Morgan fingerprint density at radius 3 is 2.37 bits per heavy atom. The van der Waals surface area contributed by atoms with Crippen LogP contribution in [-0.2, 0) is 10.0 Å². The maximum Gasteiger partial charge on any atom is 0.266 e. The molecule has 0 unspecified atom stereocenters. The summed E-state index contributed by atoms with van der Waals surface area (Å²) in [5.41, 5.74) is 4.02. The highest BCUT2D eigenvalue weighted by Gasteiger charge is 2.16. The lowest BCUT2D eigenvalue weighted by Gasteiger charge is -2.07. The zero-order valence-electron chi connectivity index (χ0n) is 10.1. The van der Waals surface area contributed by atoms with E-state index in [9.17, 15) is 8.42 Å². The van der Waals surface area contributed by atoms with Crippen molar-refractivity contribution in [3.63, 3.8) is 0 Å². The largest absolute Gasteiger partial charge is 0.276 e. The number of anilines is 1. The number of nitrogens with zero attached hydrogens (tertiary/aromatic N) is 2. The van der Waals surface area contributed by atoms with Crippen LogP contribution in [0.5, 0.6) is 0 Å². The molecule has 0 aliphatic rings. The molecule has 19 heavy (non-hydrogen) atoms. The number of sulfonamides is 1. The van der Waals surface area contributed by atoms with Crippen molar-refractivity contribution >= 4 is 43.2 Å². The van der Waals surface area contributed by atoms with Crippen LogP contribution < -0.4 is 10.3 Å². The van der Waals surface area contributed by atoms with Crippen LogP contribution in [0, 0.1) is 13.8 Å². The molecule has 0 amide bonds. The summed E-state index contributed by atoms with van der Waals surface area (Å²) in [6, 6.07) is 4.99. The molecule has 2 aromatic rings. The summed E-state index contributed by atoms with van der Waals surface area (Å²) in [6.07, 6.45) is 0. The Hall–Kier alpha value is -1.03. The van der Waals surface area contributed by atoms with Crippen LogP contribution in [0.1, 0.15) is 11.4 Å². The number of hydrogen-bond acceptors (Lipinski definition) is 6. The quantitative estimate of drug-likeness (QED) is 0.814. The number of thiophene rings is 1. The van der Waals surface area contributed by atoms with E-state index in [1.54, 1.807) is 12.1 Å². The van der Waals surface area contributed by atoms with E-state index in [2.05, 4.69) is 36.2 Å².